The van der Waals surface area contributed by atoms with Crippen molar-refractivity contribution in [2.24, 2.45) is 0 Å². The highest BCUT2D eigenvalue weighted by molar-refractivity contribution is 5.88. The Balaban J connectivity index is 1.76. The average molecular weight is 308 g/mol. The molecule has 4 heteroatoms. The van der Waals surface area contributed by atoms with Crippen LogP contribution in [0.25, 0.3) is 10.9 Å². The summed E-state index contributed by atoms with van der Waals surface area (Å²) in [5, 5.41) is 4.10. The van der Waals surface area contributed by atoms with Crippen molar-refractivity contribution < 1.29 is 9.53 Å². The van der Waals surface area contributed by atoms with Crippen molar-refractivity contribution in [1.82, 2.24) is 9.88 Å². The van der Waals surface area contributed by atoms with Gasteiger partial charge in [0.25, 0.3) is 0 Å². The molecule has 2 aromatic carbocycles. The number of fused-ring (bicyclic) bond motifs is 1. The first-order valence-corrected chi connectivity index (χ1v) is 7.65. The maximum absolute atomic E-state index is 12.4. The number of carbonyl (C=O) groups is 1. The van der Waals surface area contributed by atoms with E-state index in [1.807, 2.05) is 72.3 Å². The van der Waals surface area contributed by atoms with Crippen LogP contribution in [0.4, 0.5) is 0 Å². The number of amides is 1. The summed E-state index contributed by atoms with van der Waals surface area (Å²) in [4.78, 5) is 12.4. The molecule has 0 fully saturated rings. The Morgan fingerprint density at radius 3 is 2.65 bits per heavy atom. The van der Waals surface area contributed by atoms with Gasteiger partial charge in [0, 0.05) is 11.6 Å². The van der Waals surface area contributed by atoms with E-state index in [2.05, 4.69) is 5.32 Å². The van der Waals surface area contributed by atoms with Crippen molar-refractivity contribution in [2.45, 2.75) is 19.5 Å². The summed E-state index contributed by atoms with van der Waals surface area (Å²) in [6.45, 7) is 2.25. The summed E-state index contributed by atoms with van der Waals surface area (Å²) >= 11 is 0. The second-order valence-electron chi connectivity index (χ2n) is 5.54. The molecule has 3 rings (SSSR count). The Morgan fingerprint density at radius 2 is 1.91 bits per heavy atom. The summed E-state index contributed by atoms with van der Waals surface area (Å²) < 4.78 is 7.32. The van der Waals surface area contributed by atoms with E-state index in [1.165, 1.54) is 0 Å². The molecule has 0 saturated carbocycles. The van der Waals surface area contributed by atoms with E-state index in [0.29, 0.717) is 0 Å². The van der Waals surface area contributed by atoms with Crippen LogP contribution in [0.5, 0.6) is 5.75 Å². The highest BCUT2D eigenvalue weighted by atomic mass is 16.5. The first-order valence-electron chi connectivity index (χ1n) is 7.65. The van der Waals surface area contributed by atoms with Crippen molar-refractivity contribution in [2.75, 3.05) is 7.11 Å². The molecule has 0 aliphatic carbocycles. The number of rotatable bonds is 5. The lowest BCUT2D eigenvalue weighted by molar-refractivity contribution is -0.122. The van der Waals surface area contributed by atoms with Gasteiger partial charge < -0.3 is 14.6 Å². The third kappa shape index (κ3) is 3.21. The molecular formula is C19H20N2O2. The zero-order valence-electron chi connectivity index (χ0n) is 13.3. The molecule has 0 aliphatic rings. The number of carbonyl (C=O) groups excluding carboxylic acids is 1. The fraction of sp³-hybridized carbons (Fsp3) is 0.211. The van der Waals surface area contributed by atoms with Gasteiger partial charge in [0.15, 0.2) is 0 Å². The van der Waals surface area contributed by atoms with Gasteiger partial charge in [-0.15, -0.1) is 0 Å². The summed E-state index contributed by atoms with van der Waals surface area (Å²) in [5.74, 6) is 0.751. The van der Waals surface area contributed by atoms with Gasteiger partial charge in [0.2, 0.25) is 5.91 Å². The van der Waals surface area contributed by atoms with Crippen molar-refractivity contribution in [3.05, 3.63) is 66.4 Å². The van der Waals surface area contributed by atoms with Gasteiger partial charge in [-0.05, 0) is 24.6 Å². The number of nitrogens with one attached hydrogen (secondary N) is 1. The molecule has 1 N–H and O–H groups in total. The molecule has 0 unspecified atom stereocenters. The normalized spacial score (nSPS) is 12.1. The minimum absolute atomic E-state index is 0.0209. The summed E-state index contributed by atoms with van der Waals surface area (Å²) in [5.41, 5.74) is 2.04. The number of hydrogen-bond acceptors (Lipinski definition) is 2. The van der Waals surface area contributed by atoms with Gasteiger partial charge in [0.1, 0.15) is 12.3 Å². The van der Waals surface area contributed by atoms with Crippen LogP contribution in [0.1, 0.15) is 18.5 Å². The number of nitrogens with zero attached hydrogens (tertiary/aromatic N) is 1. The number of para-hydroxylation sites is 1. The van der Waals surface area contributed by atoms with Crippen LogP contribution in [0.2, 0.25) is 0 Å². The summed E-state index contributed by atoms with van der Waals surface area (Å²) in [7, 11) is 1.64. The molecule has 1 aromatic heterocycles. The van der Waals surface area contributed by atoms with Gasteiger partial charge in [-0.3, -0.25) is 4.79 Å². The van der Waals surface area contributed by atoms with Gasteiger partial charge in [-0.1, -0.05) is 42.5 Å². The Morgan fingerprint density at radius 1 is 1.13 bits per heavy atom. The molecule has 0 spiro atoms. The SMILES string of the molecule is COc1cccc2ccn(CC(=O)N[C@@H](C)c3ccccc3)c12. The Kier molecular flexibility index (Phi) is 4.33. The van der Waals surface area contributed by atoms with E-state index in [4.69, 9.17) is 4.74 Å². The number of ether oxygens (including phenoxy) is 1. The molecule has 0 bridgehead atoms. The van der Waals surface area contributed by atoms with E-state index in [1.54, 1.807) is 7.11 Å². The second kappa shape index (κ2) is 6.57. The zero-order chi connectivity index (χ0) is 16.2. The van der Waals surface area contributed by atoms with Crippen LogP contribution in [0, 0.1) is 0 Å². The fourth-order valence-electron chi connectivity index (χ4n) is 2.79. The van der Waals surface area contributed by atoms with E-state index in [0.717, 1.165) is 22.2 Å². The third-order valence-electron chi connectivity index (χ3n) is 3.96. The molecule has 1 amide bonds. The predicted octanol–water partition coefficient (Wildman–Crippen LogP) is 3.53. The van der Waals surface area contributed by atoms with Crippen LogP contribution in [-0.2, 0) is 11.3 Å². The van der Waals surface area contributed by atoms with Crippen molar-refractivity contribution in [3.8, 4) is 5.75 Å². The molecule has 118 valence electrons. The maximum Gasteiger partial charge on any atom is 0.240 e. The minimum Gasteiger partial charge on any atom is -0.495 e. The first-order chi connectivity index (χ1) is 11.2. The highest BCUT2D eigenvalue weighted by Crippen LogP contribution is 2.26. The highest BCUT2D eigenvalue weighted by Gasteiger charge is 2.12. The first kappa shape index (κ1) is 15.2. The number of hydrogen-bond donors (Lipinski definition) is 1. The quantitative estimate of drug-likeness (QED) is 0.783. The van der Waals surface area contributed by atoms with Crippen LogP contribution < -0.4 is 10.1 Å². The molecule has 0 aliphatic heterocycles. The summed E-state index contributed by atoms with van der Waals surface area (Å²) in [6.07, 6.45) is 1.92. The Labute approximate surface area is 135 Å². The number of aromatic nitrogens is 1. The molecule has 3 aromatic rings. The number of methoxy groups -OCH3 is 1. The van der Waals surface area contributed by atoms with E-state index < -0.39 is 0 Å². The Hall–Kier alpha value is -2.75. The average Bonchev–Trinajstić information content (AvgIpc) is 2.98. The maximum atomic E-state index is 12.4. The Bertz CT molecular complexity index is 809. The van der Waals surface area contributed by atoms with Crippen LogP contribution in [0.15, 0.2) is 60.8 Å². The zero-order valence-corrected chi connectivity index (χ0v) is 13.3. The van der Waals surface area contributed by atoms with E-state index >= 15 is 0 Å². The lowest BCUT2D eigenvalue weighted by Crippen LogP contribution is -2.29. The van der Waals surface area contributed by atoms with Crippen LogP contribution in [0.3, 0.4) is 0 Å². The van der Waals surface area contributed by atoms with Crippen LogP contribution >= 0.6 is 0 Å². The van der Waals surface area contributed by atoms with E-state index in [9.17, 15) is 4.79 Å². The van der Waals surface area contributed by atoms with Gasteiger partial charge in [-0.25, -0.2) is 0 Å². The van der Waals surface area contributed by atoms with E-state index in [-0.39, 0.29) is 18.5 Å². The topological polar surface area (TPSA) is 43.3 Å². The molecule has 1 heterocycles. The van der Waals surface area contributed by atoms with Gasteiger partial charge in [0.05, 0.1) is 18.7 Å². The smallest absolute Gasteiger partial charge is 0.240 e. The van der Waals surface area contributed by atoms with Crippen molar-refractivity contribution in [1.29, 1.82) is 0 Å². The molecule has 1 atom stereocenters. The second-order valence-corrected chi connectivity index (χ2v) is 5.54. The fourth-order valence-corrected chi connectivity index (χ4v) is 2.79. The minimum atomic E-state index is -0.0234. The molecule has 0 saturated heterocycles. The molecular weight excluding hydrogens is 288 g/mol. The summed E-state index contributed by atoms with van der Waals surface area (Å²) in [6, 6.07) is 17.8. The largest absolute Gasteiger partial charge is 0.495 e. The van der Waals surface area contributed by atoms with Crippen molar-refractivity contribution in [3.63, 3.8) is 0 Å². The molecule has 23 heavy (non-hydrogen) atoms. The monoisotopic (exact) mass is 308 g/mol. The predicted molar refractivity (Wildman–Crippen MR) is 91.5 cm³/mol. The van der Waals surface area contributed by atoms with Crippen LogP contribution in [-0.4, -0.2) is 17.6 Å². The lowest BCUT2D eigenvalue weighted by atomic mass is 10.1. The van der Waals surface area contributed by atoms with Gasteiger partial charge >= 0.3 is 0 Å². The molecule has 0 radical (unpaired) electrons. The third-order valence-corrected chi connectivity index (χ3v) is 3.96. The molecule has 4 nitrogen and oxygen atoms in total. The van der Waals surface area contributed by atoms with Crippen molar-refractivity contribution >= 4 is 16.8 Å². The van der Waals surface area contributed by atoms with Gasteiger partial charge in [-0.2, -0.15) is 0 Å². The lowest BCUT2D eigenvalue weighted by Gasteiger charge is -2.15. The number of benzene rings is 2. The standard InChI is InChI=1S/C19H20N2O2/c1-14(15-7-4-3-5-8-15)20-18(22)13-21-12-11-16-9-6-10-17(23-2)19(16)21/h3-12,14H,13H2,1-2H3,(H,20,22)/t14-/m0/s1.